The van der Waals surface area contributed by atoms with Crippen molar-refractivity contribution in [1.29, 1.82) is 0 Å². The van der Waals surface area contributed by atoms with E-state index in [1.54, 1.807) is 0 Å². The predicted octanol–water partition coefficient (Wildman–Crippen LogP) is 3.01. The summed E-state index contributed by atoms with van der Waals surface area (Å²) >= 11 is 0. The number of aliphatic hydroxyl groups excluding tert-OH is 1. The summed E-state index contributed by atoms with van der Waals surface area (Å²) in [5, 5.41) is 16.2. The van der Waals surface area contributed by atoms with Gasteiger partial charge in [0.1, 0.15) is 0 Å². The van der Waals surface area contributed by atoms with Crippen LogP contribution in [-0.2, 0) is 13.0 Å². The molecule has 3 rings (SSSR count). The summed E-state index contributed by atoms with van der Waals surface area (Å²) in [6.45, 7) is 7.42. The maximum atomic E-state index is 10.4. The normalized spacial score (nSPS) is 22.6. The van der Waals surface area contributed by atoms with E-state index in [1.807, 2.05) is 16.8 Å². The Morgan fingerprint density at radius 2 is 2.11 bits per heavy atom. The van der Waals surface area contributed by atoms with Crippen molar-refractivity contribution in [2.24, 2.45) is 11.3 Å². The summed E-state index contributed by atoms with van der Waals surface area (Å²) in [7, 11) is 0. The van der Waals surface area contributed by atoms with Crippen LogP contribution in [0, 0.1) is 11.3 Å². The van der Waals surface area contributed by atoms with Crippen molar-refractivity contribution < 1.29 is 5.11 Å². The maximum Gasteiger partial charge on any atom is 0.0729 e. The van der Waals surface area contributed by atoms with E-state index in [4.69, 9.17) is 0 Å². The summed E-state index contributed by atoms with van der Waals surface area (Å²) in [4.78, 5) is 0. The first kappa shape index (κ1) is 12.7. The molecule has 1 N–H and O–H groups in total. The molecule has 0 aliphatic heterocycles. The standard InChI is InChI=1S/C16H22N2O/c1-4-18-14-8-6-5-7-11(14)13(17-18)9-15(19)12-10-16(12,2)3/h5-8,12,15,19H,4,9-10H2,1-3H3. The van der Waals surface area contributed by atoms with Crippen molar-refractivity contribution in [3.8, 4) is 0 Å². The molecule has 1 aromatic heterocycles. The third kappa shape index (κ3) is 2.16. The van der Waals surface area contributed by atoms with Crippen molar-refractivity contribution in [1.82, 2.24) is 9.78 Å². The van der Waals surface area contributed by atoms with Crippen LogP contribution in [0.4, 0.5) is 0 Å². The number of para-hydroxylation sites is 1. The van der Waals surface area contributed by atoms with Gasteiger partial charge in [0.05, 0.1) is 17.3 Å². The van der Waals surface area contributed by atoms with Gasteiger partial charge in [-0.3, -0.25) is 4.68 Å². The van der Waals surface area contributed by atoms with E-state index in [-0.39, 0.29) is 6.10 Å². The number of aliphatic hydroxyl groups is 1. The molecule has 2 atom stereocenters. The van der Waals surface area contributed by atoms with Gasteiger partial charge in [-0.1, -0.05) is 32.0 Å². The molecule has 1 heterocycles. The SMILES string of the molecule is CCn1nc(CC(O)C2CC2(C)C)c2ccccc21. The van der Waals surface area contributed by atoms with E-state index in [0.29, 0.717) is 17.8 Å². The van der Waals surface area contributed by atoms with Crippen LogP contribution in [0.25, 0.3) is 10.9 Å². The number of rotatable bonds is 4. The van der Waals surface area contributed by atoms with Gasteiger partial charge in [-0.15, -0.1) is 0 Å². The van der Waals surface area contributed by atoms with Gasteiger partial charge < -0.3 is 5.11 Å². The third-order valence-electron chi connectivity index (χ3n) is 4.49. The van der Waals surface area contributed by atoms with Crippen molar-refractivity contribution in [2.45, 2.75) is 46.3 Å². The lowest BCUT2D eigenvalue weighted by Crippen LogP contribution is -2.17. The molecule has 3 heteroatoms. The Labute approximate surface area is 114 Å². The summed E-state index contributed by atoms with van der Waals surface area (Å²) in [6, 6.07) is 8.29. The number of aryl methyl sites for hydroxylation is 1. The molecule has 1 aliphatic rings. The largest absolute Gasteiger partial charge is 0.392 e. The molecule has 1 fully saturated rings. The number of aromatic nitrogens is 2. The highest BCUT2D eigenvalue weighted by Crippen LogP contribution is 2.54. The summed E-state index contributed by atoms with van der Waals surface area (Å²) in [5.41, 5.74) is 2.51. The second kappa shape index (κ2) is 4.34. The number of hydrogen-bond acceptors (Lipinski definition) is 2. The molecule has 1 saturated carbocycles. The van der Waals surface area contributed by atoms with E-state index in [9.17, 15) is 5.11 Å². The van der Waals surface area contributed by atoms with Crippen molar-refractivity contribution in [2.75, 3.05) is 0 Å². The zero-order valence-corrected chi connectivity index (χ0v) is 11.9. The molecule has 2 unspecified atom stereocenters. The van der Waals surface area contributed by atoms with Gasteiger partial charge in [0, 0.05) is 18.4 Å². The van der Waals surface area contributed by atoms with Crippen LogP contribution in [-0.4, -0.2) is 21.0 Å². The molecule has 0 radical (unpaired) electrons. The minimum Gasteiger partial charge on any atom is -0.392 e. The predicted molar refractivity (Wildman–Crippen MR) is 77.0 cm³/mol. The smallest absolute Gasteiger partial charge is 0.0729 e. The second-order valence-electron chi connectivity index (χ2n) is 6.35. The highest BCUT2D eigenvalue weighted by molar-refractivity contribution is 5.82. The molecule has 2 aromatic rings. The molecule has 1 aromatic carbocycles. The topological polar surface area (TPSA) is 38.0 Å². The van der Waals surface area contributed by atoms with Gasteiger partial charge in [0.15, 0.2) is 0 Å². The Morgan fingerprint density at radius 1 is 1.42 bits per heavy atom. The van der Waals surface area contributed by atoms with E-state index in [0.717, 1.165) is 18.7 Å². The minimum absolute atomic E-state index is 0.265. The molecule has 19 heavy (non-hydrogen) atoms. The molecule has 0 bridgehead atoms. The van der Waals surface area contributed by atoms with Gasteiger partial charge in [-0.25, -0.2) is 0 Å². The number of hydrogen-bond donors (Lipinski definition) is 1. The Balaban J connectivity index is 1.89. The summed E-state index contributed by atoms with van der Waals surface area (Å²) in [5.74, 6) is 0.429. The van der Waals surface area contributed by atoms with Gasteiger partial charge in [-0.05, 0) is 30.7 Å². The number of benzene rings is 1. The second-order valence-corrected chi connectivity index (χ2v) is 6.35. The molecular formula is C16H22N2O. The fourth-order valence-corrected chi connectivity index (χ4v) is 3.09. The fourth-order valence-electron chi connectivity index (χ4n) is 3.09. The van der Waals surface area contributed by atoms with Crippen LogP contribution in [0.2, 0.25) is 0 Å². The van der Waals surface area contributed by atoms with Crippen molar-refractivity contribution in [3.05, 3.63) is 30.0 Å². The van der Waals surface area contributed by atoms with Gasteiger partial charge in [-0.2, -0.15) is 5.10 Å². The van der Waals surface area contributed by atoms with E-state index in [1.165, 1.54) is 10.9 Å². The Morgan fingerprint density at radius 3 is 2.74 bits per heavy atom. The van der Waals surface area contributed by atoms with Gasteiger partial charge in [0.25, 0.3) is 0 Å². The third-order valence-corrected chi connectivity index (χ3v) is 4.49. The first-order chi connectivity index (χ1) is 9.03. The van der Waals surface area contributed by atoms with E-state index in [2.05, 4.69) is 38.0 Å². The molecular weight excluding hydrogens is 236 g/mol. The fraction of sp³-hybridized carbons (Fsp3) is 0.562. The van der Waals surface area contributed by atoms with Crippen LogP contribution < -0.4 is 0 Å². The Bertz CT molecular complexity index is 600. The van der Waals surface area contributed by atoms with Crippen LogP contribution in [0.15, 0.2) is 24.3 Å². The number of fused-ring (bicyclic) bond motifs is 1. The van der Waals surface area contributed by atoms with Gasteiger partial charge >= 0.3 is 0 Å². The average molecular weight is 258 g/mol. The lowest BCUT2D eigenvalue weighted by atomic mass is 10.0. The highest BCUT2D eigenvalue weighted by atomic mass is 16.3. The quantitative estimate of drug-likeness (QED) is 0.915. The Kier molecular flexibility index (Phi) is 2.90. The molecule has 1 aliphatic carbocycles. The van der Waals surface area contributed by atoms with Crippen LogP contribution in [0.3, 0.4) is 0 Å². The van der Waals surface area contributed by atoms with E-state index < -0.39 is 0 Å². The molecule has 0 spiro atoms. The Hall–Kier alpha value is -1.35. The van der Waals surface area contributed by atoms with Crippen LogP contribution in [0.5, 0.6) is 0 Å². The van der Waals surface area contributed by atoms with E-state index >= 15 is 0 Å². The first-order valence-electron chi connectivity index (χ1n) is 7.15. The average Bonchev–Trinajstić information content (AvgIpc) is 2.90. The van der Waals surface area contributed by atoms with Gasteiger partial charge in [0.2, 0.25) is 0 Å². The zero-order chi connectivity index (χ0) is 13.6. The molecule has 0 amide bonds. The summed E-state index contributed by atoms with van der Waals surface area (Å²) in [6.07, 6.45) is 1.53. The lowest BCUT2D eigenvalue weighted by molar-refractivity contribution is 0.136. The van der Waals surface area contributed by atoms with Crippen molar-refractivity contribution in [3.63, 3.8) is 0 Å². The van der Waals surface area contributed by atoms with Crippen LogP contribution >= 0.6 is 0 Å². The minimum atomic E-state index is -0.265. The monoisotopic (exact) mass is 258 g/mol. The molecule has 3 nitrogen and oxygen atoms in total. The maximum absolute atomic E-state index is 10.4. The molecule has 102 valence electrons. The van der Waals surface area contributed by atoms with Crippen molar-refractivity contribution >= 4 is 10.9 Å². The summed E-state index contributed by atoms with van der Waals surface area (Å²) < 4.78 is 2.02. The zero-order valence-electron chi connectivity index (χ0n) is 11.9. The first-order valence-corrected chi connectivity index (χ1v) is 7.15. The lowest BCUT2D eigenvalue weighted by Gasteiger charge is -2.10. The highest BCUT2D eigenvalue weighted by Gasteiger charge is 2.49. The van der Waals surface area contributed by atoms with Crippen LogP contribution in [0.1, 0.15) is 32.9 Å². The number of nitrogens with zero attached hydrogens (tertiary/aromatic N) is 2. The molecule has 0 saturated heterocycles.